The minimum Gasteiger partial charge on any atom is -0.469 e. The lowest BCUT2D eigenvalue weighted by Gasteiger charge is -2.31. The van der Waals surface area contributed by atoms with Gasteiger partial charge in [0, 0.05) is 0 Å². The van der Waals surface area contributed by atoms with Gasteiger partial charge in [-0.25, -0.2) is 8.78 Å². The molecule has 0 aliphatic carbocycles. The van der Waals surface area contributed by atoms with Crippen molar-refractivity contribution in [2.45, 2.75) is 38.7 Å². The lowest BCUT2D eigenvalue weighted by molar-refractivity contribution is -0.156. The van der Waals surface area contributed by atoms with Crippen molar-refractivity contribution in [3.63, 3.8) is 0 Å². The molecule has 112 valence electrons. The molecule has 3 nitrogen and oxygen atoms in total. The fourth-order valence-electron chi connectivity index (χ4n) is 2.19. The molecule has 2 unspecified atom stereocenters. The Morgan fingerprint density at radius 1 is 1.40 bits per heavy atom. The van der Waals surface area contributed by atoms with Gasteiger partial charge in [-0.05, 0) is 31.0 Å². The lowest BCUT2D eigenvalue weighted by atomic mass is 9.80. The second-order valence-electron chi connectivity index (χ2n) is 4.99. The van der Waals surface area contributed by atoms with Crippen molar-refractivity contribution in [3.8, 4) is 0 Å². The molecule has 0 amide bonds. The number of unbranched alkanes of at least 4 members (excludes halogenated alkanes) is 1. The SMILES string of the molecule is CCCCC(C(=O)OC)C(C)(O)c1ccc(F)c(F)c1. The second-order valence-corrected chi connectivity index (χ2v) is 4.99. The van der Waals surface area contributed by atoms with Gasteiger partial charge in [0.2, 0.25) is 0 Å². The van der Waals surface area contributed by atoms with Crippen molar-refractivity contribution in [3.05, 3.63) is 35.4 Å². The van der Waals surface area contributed by atoms with Gasteiger partial charge in [0.25, 0.3) is 0 Å². The van der Waals surface area contributed by atoms with E-state index in [4.69, 9.17) is 4.74 Å². The van der Waals surface area contributed by atoms with Crippen LogP contribution in [0.15, 0.2) is 18.2 Å². The first-order valence-electron chi connectivity index (χ1n) is 6.60. The number of ether oxygens (including phenoxy) is 1. The Labute approximate surface area is 117 Å². The van der Waals surface area contributed by atoms with Crippen LogP contribution < -0.4 is 0 Å². The Morgan fingerprint density at radius 3 is 2.55 bits per heavy atom. The average Bonchev–Trinajstić information content (AvgIpc) is 2.41. The summed E-state index contributed by atoms with van der Waals surface area (Å²) in [5.74, 6) is -3.43. The van der Waals surface area contributed by atoms with E-state index in [-0.39, 0.29) is 5.56 Å². The van der Waals surface area contributed by atoms with Crippen molar-refractivity contribution >= 4 is 5.97 Å². The highest BCUT2D eigenvalue weighted by Gasteiger charge is 2.39. The quantitative estimate of drug-likeness (QED) is 0.817. The zero-order chi connectivity index (χ0) is 15.3. The van der Waals surface area contributed by atoms with Crippen LogP contribution in [0.25, 0.3) is 0 Å². The number of aliphatic hydroxyl groups is 1. The molecule has 0 aliphatic rings. The highest BCUT2D eigenvalue weighted by Crippen LogP contribution is 2.34. The van der Waals surface area contributed by atoms with Crippen molar-refractivity contribution < 1.29 is 23.4 Å². The summed E-state index contributed by atoms with van der Waals surface area (Å²) in [6, 6.07) is 3.13. The molecule has 0 spiro atoms. The Kier molecular flexibility index (Phi) is 5.62. The predicted molar refractivity (Wildman–Crippen MR) is 71.0 cm³/mol. The Morgan fingerprint density at radius 2 is 2.05 bits per heavy atom. The summed E-state index contributed by atoms with van der Waals surface area (Å²) in [5.41, 5.74) is -1.46. The van der Waals surface area contributed by atoms with E-state index in [0.717, 1.165) is 25.0 Å². The molecule has 0 fully saturated rings. The zero-order valence-corrected chi connectivity index (χ0v) is 12.0. The van der Waals surface area contributed by atoms with E-state index >= 15 is 0 Å². The molecule has 0 radical (unpaired) electrons. The summed E-state index contributed by atoms with van der Waals surface area (Å²) in [6.45, 7) is 3.37. The van der Waals surface area contributed by atoms with E-state index < -0.39 is 29.1 Å². The maximum absolute atomic E-state index is 13.3. The van der Waals surface area contributed by atoms with E-state index in [9.17, 15) is 18.7 Å². The van der Waals surface area contributed by atoms with E-state index in [1.54, 1.807) is 0 Å². The molecule has 5 heteroatoms. The van der Waals surface area contributed by atoms with Gasteiger partial charge in [-0.15, -0.1) is 0 Å². The number of rotatable bonds is 6. The highest BCUT2D eigenvalue weighted by atomic mass is 19.2. The van der Waals surface area contributed by atoms with Crippen LogP contribution in [0.1, 0.15) is 38.7 Å². The van der Waals surface area contributed by atoms with Crippen LogP contribution in [-0.4, -0.2) is 18.2 Å². The van der Waals surface area contributed by atoms with Crippen LogP contribution in [0, 0.1) is 17.6 Å². The van der Waals surface area contributed by atoms with Gasteiger partial charge < -0.3 is 9.84 Å². The third-order valence-electron chi connectivity index (χ3n) is 3.51. The van der Waals surface area contributed by atoms with Gasteiger partial charge >= 0.3 is 5.97 Å². The number of benzene rings is 1. The number of halogens is 2. The van der Waals surface area contributed by atoms with Crippen LogP contribution in [0.2, 0.25) is 0 Å². The number of hydrogen-bond acceptors (Lipinski definition) is 3. The number of esters is 1. The van der Waals surface area contributed by atoms with E-state index in [1.165, 1.54) is 20.1 Å². The van der Waals surface area contributed by atoms with Gasteiger partial charge in [-0.1, -0.05) is 25.8 Å². The second kappa shape index (κ2) is 6.79. The van der Waals surface area contributed by atoms with Crippen molar-refractivity contribution in [2.24, 2.45) is 5.92 Å². The number of carbonyl (C=O) groups is 1. The monoisotopic (exact) mass is 286 g/mol. The molecule has 0 saturated heterocycles. The molecule has 2 atom stereocenters. The first-order chi connectivity index (χ1) is 9.34. The van der Waals surface area contributed by atoms with Gasteiger partial charge in [0.1, 0.15) is 5.60 Å². The van der Waals surface area contributed by atoms with Gasteiger partial charge in [-0.3, -0.25) is 4.79 Å². The minimum absolute atomic E-state index is 0.155. The number of carbonyl (C=O) groups excluding carboxylic acids is 1. The average molecular weight is 286 g/mol. The van der Waals surface area contributed by atoms with E-state index in [0.29, 0.717) is 6.42 Å². The third-order valence-corrected chi connectivity index (χ3v) is 3.51. The fraction of sp³-hybridized carbons (Fsp3) is 0.533. The molecule has 1 N–H and O–H groups in total. The number of hydrogen-bond donors (Lipinski definition) is 1. The zero-order valence-electron chi connectivity index (χ0n) is 12.0. The molecular weight excluding hydrogens is 266 g/mol. The van der Waals surface area contributed by atoms with E-state index in [1.807, 2.05) is 6.92 Å². The third kappa shape index (κ3) is 3.54. The number of methoxy groups -OCH3 is 1. The first kappa shape index (κ1) is 16.6. The summed E-state index contributed by atoms with van der Waals surface area (Å²) in [4.78, 5) is 11.8. The molecule has 1 aromatic rings. The predicted octanol–water partition coefficient (Wildman–Crippen LogP) is 3.15. The maximum atomic E-state index is 13.3. The molecule has 1 aromatic carbocycles. The van der Waals surface area contributed by atoms with Gasteiger partial charge in [-0.2, -0.15) is 0 Å². The summed E-state index contributed by atoms with van der Waals surface area (Å²) in [6.07, 6.45) is 1.98. The van der Waals surface area contributed by atoms with Crippen molar-refractivity contribution in [2.75, 3.05) is 7.11 Å². The van der Waals surface area contributed by atoms with Crippen LogP contribution in [0.3, 0.4) is 0 Å². The van der Waals surface area contributed by atoms with Crippen LogP contribution in [-0.2, 0) is 15.1 Å². The Balaban J connectivity index is 3.13. The molecule has 0 heterocycles. The van der Waals surface area contributed by atoms with Gasteiger partial charge in [0.15, 0.2) is 11.6 Å². The van der Waals surface area contributed by atoms with Crippen LogP contribution >= 0.6 is 0 Å². The summed E-state index contributed by atoms with van der Waals surface area (Å²) in [7, 11) is 1.24. The molecule has 20 heavy (non-hydrogen) atoms. The highest BCUT2D eigenvalue weighted by molar-refractivity contribution is 5.74. The molecule has 0 bridgehead atoms. The smallest absolute Gasteiger partial charge is 0.311 e. The summed E-state index contributed by atoms with van der Waals surface area (Å²) >= 11 is 0. The Bertz CT molecular complexity index is 472. The van der Waals surface area contributed by atoms with Crippen molar-refractivity contribution in [1.29, 1.82) is 0 Å². The van der Waals surface area contributed by atoms with Crippen LogP contribution in [0.4, 0.5) is 8.78 Å². The summed E-state index contributed by atoms with van der Waals surface area (Å²) in [5, 5.41) is 10.6. The molecular formula is C15H20F2O3. The molecule has 0 aliphatic heterocycles. The molecule has 1 rings (SSSR count). The topological polar surface area (TPSA) is 46.5 Å². The molecule has 0 aromatic heterocycles. The van der Waals surface area contributed by atoms with E-state index in [2.05, 4.69) is 0 Å². The minimum atomic E-state index is -1.61. The maximum Gasteiger partial charge on any atom is 0.311 e. The Hall–Kier alpha value is -1.49. The fourth-order valence-corrected chi connectivity index (χ4v) is 2.19. The lowest BCUT2D eigenvalue weighted by Crippen LogP contribution is -2.38. The molecule has 0 saturated carbocycles. The van der Waals surface area contributed by atoms with Gasteiger partial charge in [0.05, 0.1) is 13.0 Å². The summed E-state index contributed by atoms with van der Waals surface area (Å²) < 4.78 is 31.0. The largest absolute Gasteiger partial charge is 0.469 e. The standard InChI is InChI=1S/C15H20F2O3/c1-4-5-6-11(14(18)20-3)15(2,19)10-7-8-12(16)13(17)9-10/h7-9,11,19H,4-6H2,1-3H3. The van der Waals surface area contributed by atoms with Crippen LogP contribution in [0.5, 0.6) is 0 Å². The first-order valence-corrected chi connectivity index (χ1v) is 6.60. The normalized spacial score (nSPS) is 15.5. The van der Waals surface area contributed by atoms with Crippen molar-refractivity contribution in [1.82, 2.24) is 0 Å².